The second-order valence-electron chi connectivity index (χ2n) is 3.42. The van der Waals surface area contributed by atoms with Crippen LogP contribution in [0.4, 0.5) is 11.5 Å². The Bertz CT molecular complexity index is 486. The predicted molar refractivity (Wildman–Crippen MR) is 70.8 cm³/mol. The number of rotatable bonds is 4. The normalized spacial score (nSPS) is 10.6. The van der Waals surface area contributed by atoms with Gasteiger partial charge in [-0.2, -0.15) is 11.8 Å². The lowest BCUT2D eigenvalue weighted by Crippen LogP contribution is -2.06. The first kappa shape index (κ1) is 11.0. The van der Waals surface area contributed by atoms with Gasteiger partial charge in [-0.05, 0) is 24.5 Å². The fourth-order valence-electron chi connectivity index (χ4n) is 1.49. The zero-order chi connectivity index (χ0) is 11.4. The van der Waals surface area contributed by atoms with Gasteiger partial charge in [0.05, 0.1) is 5.52 Å². The van der Waals surface area contributed by atoms with Crippen molar-refractivity contribution in [3.63, 3.8) is 0 Å². The molecule has 2 rings (SSSR count). The summed E-state index contributed by atoms with van der Waals surface area (Å²) in [5.74, 6) is 1.90. The lowest BCUT2D eigenvalue weighted by Gasteiger charge is -2.07. The number of hydrogen-bond donors (Lipinski definition) is 2. The molecule has 0 aliphatic heterocycles. The fourth-order valence-corrected chi connectivity index (χ4v) is 1.79. The highest BCUT2D eigenvalue weighted by molar-refractivity contribution is 7.98. The number of fused-ring (bicyclic) bond motifs is 1. The van der Waals surface area contributed by atoms with Crippen molar-refractivity contribution >= 4 is 34.2 Å². The third kappa shape index (κ3) is 2.36. The zero-order valence-corrected chi connectivity index (χ0v) is 9.92. The van der Waals surface area contributed by atoms with E-state index in [1.165, 1.54) is 0 Å². The molecule has 5 heteroatoms. The van der Waals surface area contributed by atoms with Crippen molar-refractivity contribution in [2.24, 2.45) is 0 Å². The molecule has 0 amide bonds. The van der Waals surface area contributed by atoms with E-state index in [2.05, 4.69) is 21.5 Å². The van der Waals surface area contributed by atoms with Crippen LogP contribution in [-0.4, -0.2) is 28.5 Å². The van der Waals surface area contributed by atoms with E-state index in [0.29, 0.717) is 0 Å². The summed E-state index contributed by atoms with van der Waals surface area (Å²) in [6.07, 6.45) is 3.65. The van der Waals surface area contributed by atoms with E-state index < -0.39 is 0 Å². The molecular formula is C11H14N4S. The van der Waals surface area contributed by atoms with Gasteiger partial charge in [-0.1, -0.05) is 0 Å². The van der Waals surface area contributed by atoms with Crippen molar-refractivity contribution in [2.75, 3.05) is 29.6 Å². The largest absolute Gasteiger partial charge is 0.399 e. The standard InChI is InChI=1S/C11H14N4S/c1-16-5-4-13-11-9-6-8(12)2-3-10(9)14-7-15-11/h2-3,6-7H,4-5,12H2,1H3,(H,13,14,15). The summed E-state index contributed by atoms with van der Waals surface area (Å²) in [4.78, 5) is 8.43. The van der Waals surface area contributed by atoms with Crippen LogP contribution in [0.5, 0.6) is 0 Å². The zero-order valence-electron chi connectivity index (χ0n) is 9.10. The van der Waals surface area contributed by atoms with Crippen LogP contribution in [0.25, 0.3) is 10.9 Å². The number of nitrogens with zero attached hydrogens (tertiary/aromatic N) is 2. The Morgan fingerprint density at radius 1 is 1.38 bits per heavy atom. The molecule has 1 aromatic carbocycles. The van der Waals surface area contributed by atoms with Gasteiger partial charge in [-0.3, -0.25) is 0 Å². The van der Waals surface area contributed by atoms with Crippen LogP contribution in [0.15, 0.2) is 24.5 Å². The van der Waals surface area contributed by atoms with E-state index in [1.807, 2.05) is 18.2 Å². The summed E-state index contributed by atoms with van der Waals surface area (Å²) >= 11 is 1.80. The molecule has 1 heterocycles. The van der Waals surface area contributed by atoms with E-state index in [-0.39, 0.29) is 0 Å². The minimum absolute atomic E-state index is 0.732. The quantitative estimate of drug-likeness (QED) is 0.625. The summed E-state index contributed by atoms with van der Waals surface area (Å²) < 4.78 is 0. The highest BCUT2D eigenvalue weighted by Crippen LogP contribution is 2.21. The molecule has 0 spiro atoms. The van der Waals surface area contributed by atoms with Crippen molar-refractivity contribution in [3.05, 3.63) is 24.5 Å². The minimum Gasteiger partial charge on any atom is -0.399 e. The van der Waals surface area contributed by atoms with E-state index in [0.717, 1.165) is 34.7 Å². The maximum atomic E-state index is 5.76. The van der Waals surface area contributed by atoms with Gasteiger partial charge in [0.15, 0.2) is 0 Å². The summed E-state index contributed by atoms with van der Waals surface area (Å²) in [6.45, 7) is 0.891. The average Bonchev–Trinajstić information content (AvgIpc) is 2.30. The first-order valence-electron chi connectivity index (χ1n) is 5.04. The van der Waals surface area contributed by atoms with Crippen molar-refractivity contribution in [1.29, 1.82) is 0 Å². The molecule has 0 fully saturated rings. The average molecular weight is 234 g/mol. The Balaban J connectivity index is 2.32. The summed E-state index contributed by atoms with van der Waals surface area (Å²) in [7, 11) is 0. The molecule has 2 aromatic rings. The van der Waals surface area contributed by atoms with E-state index in [1.54, 1.807) is 18.1 Å². The SMILES string of the molecule is CSCCNc1ncnc2ccc(N)cc12. The monoisotopic (exact) mass is 234 g/mol. The first-order valence-corrected chi connectivity index (χ1v) is 6.43. The first-order chi connectivity index (χ1) is 7.81. The Morgan fingerprint density at radius 3 is 3.06 bits per heavy atom. The Labute approximate surface area is 98.7 Å². The summed E-state index contributed by atoms with van der Waals surface area (Å²) in [5, 5.41) is 4.26. The van der Waals surface area contributed by atoms with Crippen molar-refractivity contribution < 1.29 is 0 Å². The van der Waals surface area contributed by atoms with E-state index in [4.69, 9.17) is 5.73 Å². The third-order valence-corrected chi connectivity index (χ3v) is 2.87. The maximum absolute atomic E-state index is 5.76. The van der Waals surface area contributed by atoms with Gasteiger partial charge < -0.3 is 11.1 Å². The Kier molecular flexibility index (Phi) is 3.46. The molecule has 3 N–H and O–H groups in total. The lowest BCUT2D eigenvalue weighted by molar-refractivity contribution is 1.15. The van der Waals surface area contributed by atoms with Crippen molar-refractivity contribution in [3.8, 4) is 0 Å². The summed E-state index contributed by atoms with van der Waals surface area (Å²) in [5.41, 5.74) is 7.40. The minimum atomic E-state index is 0.732. The highest BCUT2D eigenvalue weighted by Gasteiger charge is 2.02. The molecule has 84 valence electrons. The molecule has 0 aliphatic carbocycles. The number of thioether (sulfide) groups is 1. The highest BCUT2D eigenvalue weighted by atomic mass is 32.2. The molecule has 16 heavy (non-hydrogen) atoms. The number of nitrogens with one attached hydrogen (secondary N) is 1. The smallest absolute Gasteiger partial charge is 0.137 e. The van der Waals surface area contributed by atoms with E-state index >= 15 is 0 Å². The molecule has 4 nitrogen and oxygen atoms in total. The van der Waals surface area contributed by atoms with Gasteiger partial charge in [0.25, 0.3) is 0 Å². The number of aromatic nitrogens is 2. The van der Waals surface area contributed by atoms with Gasteiger partial charge in [-0.25, -0.2) is 9.97 Å². The number of anilines is 2. The number of benzene rings is 1. The molecule has 1 aromatic heterocycles. The third-order valence-electron chi connectivity index (χ3n) is 2.26. The molecule has 0 unspecified atom stereocenters. The van der Waals surface area contributed by atoms with Gasteiger partial charge in [0.1, 0.15) is 12.1 Å². The van der Waals surface area contributed by atoms with Gasteiger partial charge in [0.2, 0.25) is 0 Å². The predicted octanol–water partition coefficient (Wildman–Crippen LogP) is 1.99. The van der Waals surface area contributed by atoms with Crippen LogP contribution in [0.1, 0.15) is 0 Å². The van der Waals surface area contributed by atoms with Crippen LogP contribution in [-0.2, 0) is 0 Å². The molecule has 0 saturated carbocycles. The van der Waals surface area contributed by atoms with Crippen LogP contribution >= 0.6 is 11.8 Å². The Hall–Kier alpha value is -1.49. The Morgan fingerprint density at radius 2 is 2.25 bits per heavy atom. The molecule has 0 aliphatic rings. The molecule has 0 bridgehead atoms. The maximum Gasteiger partial charge on any atom is 0.137 e. The number of hydrogen-bond acceptors (Lipinski definition) is 5. The topological polar surface area (TPSA) is 63.8 Å². The van der Waals surface area contributed by atoms with E-state index in [9.17, 15) is 0 Å². The number of nitrogens with two attached hydrogens (primary N) is 1. The number of nitrogen functional groups attached to an aromatic ring is 1. The van der Waals surface area contributed by atoms with Crippen LogP contribution in [0.3, 0.4) is 0 Å². The molecular weight excluding hydrogens is 220 g/mol. The summed E-state index contributed by atoms with van der Waals surface area (Å²) in [6, 6.07) is 5.66. The van der Waals surface area contributed by atoms with Gasteiger partial charge in [-0.15, -0.1) is 0 Å². The van der Waals surface area contributed by atoms with Gasteiger partial charge >= 0.3 is 0 Å². The fraction of sp³-hybridized carbons (Fsp3) is 0.273. The second kappa shape index (κ2) is 5.03. The van der Waals surface area contributed by atoms with Gasteiger partial charge in [0, 0.05) is 23.4 Å². The lowest BCUT2D eigenvalue weighted by atomic mass is 10.2. The molecule has 0 saturated heterocycles. The second-order valence-corrected chi connectivity index (χ2v) is 4.40. The van der Waals surface area contributed by atoms with Crippen LogP contribution in [0, 0.1) is 0 Å². The van der Waals surface area contributed by atoms with Crippen LogP contribution in [0.2, 0.25) is 0 Å². The van der Waals surface area contributed by atoms with Crippen molar-refractivity contribution in [2.45, 2.75) is 0 Å². The van der Waals surface area contributed by atoms with Crippen molar-refractivity contribution in [1.82, 2.24) is 9.97 Å². The van der Waals surface area contributed by atoms with Crippen LogP contribution < -0.4 is 11.1 Å². The molecule has 0 atom stereocenters. The molecule has 0 radical (unpaired) electrons.